The summed E-state index contributed by atoms with van der Waals surface area (Å²) in [6.07, 6.45) is 5.32. The Morgan fingerprint density at radius 1 is 1.33 bits per heavy atom. The fourth-order valence-corrected chi connectivity index (χ4v) is 2.79. The van der Waals surface area contributed by atoms with Crippen molar-refractivity contribution in [3.05, 3.63) is 35.4 Å². The van der Waals surface area contributed by atoms with E-state index in [0.29, 0.717) is 12.0 Å². The predicted molar refractivity (Wildman–Crippen MR) is 75.9 cm³/mol. The zero-order valence-corrected chi connectivity index (χ0v) is 11.6. The van der Waals surface area contributed by atoms with Crippen molar-refractivity contribution in [1.29, 1.82) is 0 Å². The van der Waals surface area contributed by atoms with E-state index in [1.807, 2.05) is 7.05 Å². The minimum Gasteiger partial charge on any atom is -0.378 e. The largest absolute Gasteiger partial charge is 0.378 e. The topological polar surface area (TPSA) is 21.3 Å². The molecule has 0 aliphatic carbocycles. The van der Waals surface area contributed by atoms with Crippen LogP contribution in [0.3, 0.4) is 0 Å². The molecule has 2 rings (SSSR count). The summed E-state index contributed by atoms with van der Waals surface area (Å²) in [5, 5.41) is 3.32. The Hall–Kier alpha value is -0.860. The van der Waals surface area contributed by atoms with Gasteiger partial charge in [-0.3, -0.25) is 0 Å². The van der Waals surface area contributed by atoms with Gasteiger partial charge in [-0.2, -0.15) is 0 Å². The molecule has 1 N–H and O–H groups in total. The van der Waals surface area contributed by atoms with Gasteiger partial charge in [-0.15, -0.1) is 0 Å². The highest BCUT2D eigenvalue weighted by molar-refractivity contribution is 5.21. The maximum Gasteiger partial charge on any atom is 0.0579 e. The molecule has 1 aromatic rings. The Labute approximate surface area is 111 Å². The predicted octanol–water partition coefficient (Wildman–Crippen LogP) is 2.94. The Balaban J connectivity index is 1.90. The minimum atomic E-state index is 0.494. The summed E-state index contributed by atoms with van der Waals surface area (Å²) in [4.78, 5) is 0. The SMILES string of the molecule is CNCC(Cc1ccc(C)cc1)CC1CCCO1. The lowest BCUT2D eigenvalue weighted by atomic mass is 9.92. The van der Waals surface area contributed by atoms with Gasteiger partial charge in [-0.25, -0.2) is 0 Å². The van der Waals surface area contributed by atoms with Gasteiger partial charge in [0.05, 0.1) is 6.10 Å². The molecule has 1 saturated heterocycles. The van der Waals surface area contributed by atoms with E-state index in [2.05, 4.69) is 36.5 Å². The molecule has 2 atom stereocenters. The number of rotatable bonds is 6. The minimum absolute atomic E-state index is 0.494. The van der Waals surface area contributed by atoms with Crippen LogP contribution in [0.5, 0.6) is 0 Å². The van der Waals surface area contributed by atoms with E-state index in [9.17, 15) is 0 Å². The van der Waals surface area contributed by atoms with Crippen molar-refractivity contribution in [1.82, 2.24) is 5.32 Å². The summed E-state index contributed by atoms with van der Waals surface area (Å²) in [5.41, 5.74) is 2.78. The second kappa shape index (κ2) is 6.91. The molecular weight excluding hydrogens is 222 g/mol. The van der Waals surface area contributed by atoms with Crippen LogP contribution in [0.4, 0.5) is 0 Å². The van der Waals surface area contributed by atoms with Gasteiger partial charge in [-0.1, -0.05) is 29.8 Å². The summed E-state index contributed by atoms with van der Waals surface area (Å²) in [7, 11) is 2.04. The molecule has 0 radical (unpaired) electrons. The summed E-state index contributed by atoms with van der Waals surface area (Å²) in [6, 6.07) is 8.93. The smallest absolute Gasteiger partial charge is 0.0579 e. The van der Waals surface area contributed by atoms with E-state index in [1.165, 1.54) is 30.4 Å². The highest BCUT2D eigenvalue weighted by Crippen LogP contribution is 2.22. The second-order valence-electron chi connectivity index (χ2n) is 5.48. The highest BCUT2D eigenvalue weighted by atomic mass is 16.5. The molecule has 0 spiro atoms. The van der Waals surface area contributed by atoms with Crippen LogP contribution in [0.25, 0.3) is 0 Å². The summed E-state index contributed by atoms with van der Waals surface area (Å²) in [6.45, 7) is 4.18. The van der Waals surface area contributed by atoms with E-state index in [4.69, 9.17) is 4.74 Å². The molecule has 100 valence electrons. The number of hydrogen-bond donors (Lipinski definition) is 1. The molecule has 2 heteroatoms. The maximum absolute atomic E-state index is 5.76. The highest BCUT2D eigenvalue weighted by Gasteiger charge is 2.20. The second-order valence-corrected chi connectivity index (χ2v) is 5.48. The van der Waals surface area contributed by atoms with Gasteiger partial charge in [-0.05, 0) is 57.7 Å². The van der Waals surface area contributed by atoms with Gasteiger partial charge in [0.15, 0.2) is 0 Å². The molecule has 1 fully saturated rings. The third kappa shape index (κ3) is 4.11. The first-order valence-electron chi connectivity index (χ1n) is 7.09. The fraction of sp³-hybridized carbons (Fsp3) is 0.625. The third-order valence-electron chi connectivity index (χ3n) is 3.76. The van der Waals surface area contributed by atoms with Crippen molar-refractivity contribution in [2.75, 3.05) is 20.2 Å². The standard InChI is InChI=1S/C16H25NO/c1-13-5-7-14(8-6-13)10-15(12-17-2)11-16-4-3-9-18-16/h5-8,15-17H,3-4,9-12H2,1-2H3. The fourth-order valence-electron chi connectivity index (χ4n) is 2.79. The number of aryl methyl sites for hydroxylation is 1. The molecule has 2 nitrogen and oxygen atoms in total. The average Bonchev–Trinajstić information content (AvgIpc) is 2.85. The number of ether oxygens (including phenoxy) is 1. The van der Waals surface area contributed by atoms with Crippen molar-refractivity contribution in [3.8, 4) is 0 Å². The molecule has 0 bridgehead atoms. The lowest BCUT2D eigenvalue weighted by Crippen LogP contribution is -2.25. The third-order valence-corrected chi connectivity index (χ3v) is 3.76. The first-order valence-corrected chi connectivity index (χ1v) is 7.09. The van der Waals surface area contributed by atoms with Crippen LogP contribution in [0.1, 0.15) is 30.4 Å². The number of nitrogens with one attached hydrogen (secondary N) is 1. The maximum atomic E-state index is 5.76. The molecule has 1 aliphatic rings. The Morgan fingerprint density at radius 2 is 2.11 bits per heavy atom. The van der Waals surface area contributed by atoms with Crippen LogP contribution >= 0.6 is 0 Å². The molecule has 1 aromatic carbocycles. The van der Waals surface area contributed by atoms with E-state index >= 15 is 0 Å². The number of hydrogen-bond acceptors (Lipinski definition) is 2. The van der Waals surface area contributed by atoms with Crippen molar-refractivity contribution >= 4 is 0 Å². The van der Waals surface area contributed by atoms with Crippen molar-refractivity contribution in [3.63, 3.8) is 0 Å². The molecule has 0 aromatic heterocycles. The van der Waals surface area contributed by atoms with Crippen LogP contribution in [-0.4, -0.2) is 26.3 Å². The Kier molecular flexibility index (Phi) is 5.21. The van der Waals surface area contributed by atoms with Crippen LogP contribution in [0, 0.1) is 12.8 Å². The van der Waals surface area contributed by atoms with E-state index in [1.54, 1.807) is 0 Å². The average molecular weight is 247 g/mol. The molecule has 0 saturated carbocycles. The first kappa shape index (κ1) is 13.6. The Morgan fingerprint density at radius 3 is 2.72 bits per heavy atom. The quantitative estimate of drug-likeness (QED) is 0.834. The summed E-state index contributed by atoms with van der Waals surface area (Å²) in [5.74, 6) is 0.681. The van der Waals surface area contributed by atoms with Crippen LogP contribution in [0.15, 0.2) is 24.3 Å². The molecule has 1 heterocycles. The van der Waals surface area contributed by atoms with E-state index in [0.717, 1.165) is 19.6 Å². The lowest BCUT2D eigenvalue weighted by Gasteiger charge is -2.20. The van der Waals surface area contributed by atoms with Gasteiger partial charge < -0.3 is 10.1 Å². The monoisotopic (exact) mass is 247 g/mol. The van der Waals surface area contributed by atoms with Crippen molar-refractivity contribution in [2.45, 2.75) is 38.7 Å². The lowest BCUT2D eigenvalue weighted by molar-refractivity contribution is 0.0895. The van der Waals surface area contributed by atoms with Crippen molar-refractivity contribution < 1.29 is 4.74 Å². The molecule has 1 aliphatic heterocycles. The zero-order valence-electron chi connectivity index (χ0n) is 11.6. The van der Waals surface area contributed by atoms with Gasteiger partial charge in [0.2, 0.25) is 0 Å². The van der Waals surface area contributed by atoms with Crippen molar-refractivity contribution in [2.24, 2.45) is 5.92 Å². The Bertz CT molecular complexity index is 341. The molecule has 18 heavy (non-hydrogen) atoms. The normalized spacial score (nSPS) is 21.1. The summed E-state index contributed by atoms with van der Waals surface area (Å²) >= 11 is 0. The van der Waals surface area contributed by atoms with Crippen LogP contribution < -0.4 is 5.32 Å². The number of benzene rings is 1. The molecule has 2 unspecified atom stereocenters. The van der Waals surface area contributed by atoms with Crippen LogP contribution in [0.2, 0.25) is 0 Å². The van der Waals surface area contributed by atoms with Crippen LogP contribution in [-0.2, 0) is 11.2 Å². The molecular formula is C16H25NO. The zero-order chi connectivity index (χ0) is 12.8. The van der Waals surface area contributed by atoms with E-state index in [-0.39, 0.29) is 0 Å². The summed E-state index contributed by atoms with van der Waals surface area (Å²) < 4.78 is 5.76. The van der Waals surface area contributed by atoms with Gasteiger partial charge in [0.1, 0.15) is 0 Å². The van der Waals surface area contributed by atoms with Gasteiger partial charge in [0.25, 0.3) is 0 Å². The van der Waals surface area contributed by atoms with E-state index < -0.39 is 0 Å². The van der Waals surface area contributed by atoms with Gasteiger partial charge in [0, 0.05) is 6.61 Å². The van der Waals surface area contributed by atoms with Gasteiger partial charge >= 0.3 is 0 Å². The molecule has 0 amide bonds. The first-order chi connectivity index (χ1) is 8.78.